The molecular formula is C10H20N2O. The van der Waals surface area contributed by atoms with Gasteiger partial charge in [-0.2, -0.15) is 0 Å². The van der Waals surface area contributed by atoms with Crippen molar-refractivity contribution in [3.05, 3.63) is 0 Å². The highest BCUT2D eigenvalue weighted by Crippen LogP contribution is 2.39. The van der Waals surface area contributed by atoms with Gasteiger partial charge in [-0.05, 0) is 18.3 Å². The maximum absolute atomic E-state index is 11.2. The molecule has 76 valence electrons. The quantitative estimate of drug-likeness (QED) is 0.702. The second-order valence-corrected chi connectivity index (χ2v) is 4.56. The Balaban J connectivity index is 2.10. The summed E-state index contributed by atoms with van der Waals surface area (Å²) in [4.78, 5) is 12.8. The van der Waals surface area contributed by atoms with E-state index in [1.165, 1.54) is 19.3 Å². The van der Waals surface area contributed by atoms with Gasteiger partial charge in [0.05, 0.1) is 6.54 Å². The summed E-state index contributed by atoms with van der Waals surface area (Å²) in [6.07, 6.45) is 3.95. The third-order valence-corrected chi connectivity index (χ3v) is 2.89. The molecule has 0 aliphatic heterocycles. The van der Waals surface area contributed by atoms with Gasteiger partial charge >= 0.3 is 0 Å². The molecule has 0 saturated heterocycles. The molecular weight excluding hydrogens is 164 g/mol. The van der Waals surface area contributed by atoms with E-state index >= 15 is 0 Å². The monoisotopic (exact) mass is 184 g/mol. The van der Waals surface area contributed by atoms with Crippen LogP contribution in [0.2, 0.25) is 0 Å². The van der Waals surface area contributed by atoms with E-state index in [1.807, 2.05) is 0 Å². The molecule has 1 aliphatic rings. The molecule has 0 heterocycles. The average Bonchev–Trinajstić information content (AvgIpc) is 2.01. The van der Waals surface area contributed by atoms with Gasteiger partial charge < -0.3 is 10.2 Å². The van der Waals surface area contributed by atoms with Crippen LogP contribution >= 0.6 is 0 Å². The lowest BCUT2D eigenvalue weighted by Gasteiger charge is -2.38. The largest absolute Gasteiger partial charge is 0.348 e. The van der Waals surface area contributed by atoms with Gasteiger partial charge in [0.1, 0.15) is 0 Å². The smallest absolute Gasteiger partial charge is 0.236 e. The van der Waals surface area contributed by atoms with Crippen molar-refractivity contribution in [1.82, 2.24) is 10.2 Å². The van der Waals surface area contributed by atoms with Gasteiger partial charge in [0.15, 0.2) is 0 Å². The van der Waals surface area contributed by atoms with Crippen LogP contribution in [0.25, 0.3) is 0 Å². The standard InChI is InChI=1S/C10H20N2O/c1-10(5-4-6-10)8-11-7-9(13)12(2)3/h11H,4-8H2,1-3H3. The molecule has 13 heavy (non-hydrogen) atoms. The van der Waals surface area contributed by atoms with Gasteiger partial charge in [0, 0.05) is 20.6 Å². The van der Waals surface area contributed by atoms with Crippen LogP contribution < -0.4 is 5.32 Å². The van der Waals surface area contributed by atoms with Crippen LogP contribution in [0.3, 0.4) is 0 Å². The third-order valence-electron chi connectivity index (χ3n) is 2.89. The zero-order chi connectivity index (χ0) is 9.90. The van der Waals surface area contributed by atoms with Crippen LogP contribution in [0.15, 0.2) is 0 Å². The highest BCUT2D eigenvalue weighted by Gasteiger charge is 2.31. The Morgan fingerprint density at radius 1 is 1.46 bits per heavy atom. The van der Waals surface area contributed by atoms with Crippen molar-refractivity contribution in [2.24, 2.45) is 5.41 Å². The lowest BCUT2D eigenvalue weighted by Crippen LogP contribution is -2.41. The second-order valence-electron chi connectivity index (χ2n) is 4.56. The first-order valence-electron chi connectivity index (χ1n) is 4.94. The fourth-order valence-corrected chi connectivity index (χ4v) is 1.59. The SMILES string of the molecule is CN(C)C(=O)CNCC1(C)CCC1. The molecule has 0 atom stereocenters. The summed E-state index contributed by atoms with van der Waals surface area (Å²) in [6.45, 7) is 3.73. The Bertz CT molecular complexity index is 185. The van der Waals surface area contributed by atoms with E-state index in [0.29, 0.717) is 12.0 Å². The van der Waals surface area contributed by atoms with E-state index in [9.17, 15) is 4.79 Å². The summed E-state index contributed by atoms with van der Waals surface area (Å²) in [5.41, 5.74) is 0.465. The molecule has 0 spiro atoms. The normalized spacial score (nSPS) is 19.3. The van der Waals surface area contributed by atoms with Crippen LogP contribution in [0.1, 0.15) is 26.2 Å². The number of nitrogens with zero attached hydrogens (tertiary/aromatic N) is 1. The van der Waals surface area contributed by atoms with Crippen molar-refractivity contribution in [2.75, 3.05) is 27.2 Å². The Morgan fingerprint density at radius 2 is 2.08 bits per heavy atom. The third kappa shape index (κ3) is 2.99. The highest BCUT2D eigenvalue weighted by atomic mass is 16.2. The first kappa shape index (κ1) is 10.5. The summed E-state index contributed by atoms with van der Waals surface area (Å²) in [6, 6.07) is 0. The Kier molecular flexibility index (Phi) is 3.31. The van der Waals surface area contributed by atoms with Crippen LogP contribution in [0.4, 0.5) is 0 Å². The average molecular weight is 184 g/mol. The van der Waals surface area contributed by atoms with Crippen molar-refractivity contribution in [3.63, 3.8) is 0 Å². The van der Waals surface area contributed by atoms with Crippen LogP contribution in [-0.2, 0) is 4.79 Å². The molecule has 0 bridgehead atoms. The van der Waals surface area contributed by atoms with Gasteiger partial charge in [-0.3, -0.25) is 4.79 Å². The van der Waals surface area contributed by atoms with Crippen molar-refractivity contribution in [3.8, 4) is 0 Å². The molecule has 0 aromatic heterocycles. The number of amides is 1. The summed E-state index contributed by atoms with van der Waals surface area (Å²) in [5.74, 6) is 0.155. The minimum atomic E-state index is 0.155. The molecule has 0 aromatic carbocycles. The molecule has 1 fully saturated rings. The lowest BCUT2D eigenvalue weighted by molar-refractivity contribution is -0.127. The molecule has 1 N–H and O–H groups in total. The second kappa shape index (κ2) is 4.09. The van der Waals surface area contributed by atoms with Crippen LogP contribution in [-0.4, -0.2) is 38.0 Å². The van der Waals surface area contributed by atoms with E-state index in [1.54, 1.807) is 19.0 Å². The number of likely N-dealkylation sites (N-methyl/N-ethyl adjacent to an activating group) is 1. The maximum Gasteiger partial charge on any atom is 0.236 e. The summed E-state index contributed by atoms with van der Waals surface area (Å²) >= 11 is 0. The summed E-state index contributed by atoms with van der Waals surface area (Å²) in [7, 11) is 3.57. The van der Waals surface area contributed by atoms with E-state index in [0.717, 1.165) is 6.54 Å². The van der Waals surface area contributed by atoms with E-state index in [2.05, 4.69) is 12.2 Å². The van der Waals surface area contributed by atoms with Gasteiger partial charge in [-0.15, -0.1) is 0 Å². The van der Waals surface area contributed by atoms with E-state index < -0.39 is 0 Å². The topological polar surface area (TPSA) is 32.3 Å². The molecule has 1 amide bonds. The lowest BCUT2D eigenvalue weighted by atomic mass is 9.70. The molecule has 0 radical (unpaired) electrons. The number of rotatable bonds is 4. The van der Waals surface area contributed by atoms with Crippen molar-refractivity contribution in [1.29, 1.82) is 0 Å². The molecule has 3 nitrogen and oxygen atoms in total. The van der Waals surface area contributed by atoms with Crippen molar-refractivity contribution >= 4 is 5.91 Å². The van der Waals surface area contributed by atoms with Gasteiger partial charge in [-0.1, -0.05) is 13.3 Å². The Hall–Kier alpha value is -0.570. The minimum absolute atomic E-state index is 0.155. The zero-order valence-electron chi connectivity index (χ0n) is 8.89. The fraction of sp³-hybridized carbons (Fsp3) is 0.900. The summed E-state index contributed by atoms with van der Waals surface area (Å²) < 4.78 is 0. The maximum atomic E-state index is 11.2. The van der Waals surface area contributed by atoms with Crippen molar-refractivity contribution < 1.29 is 4.79 Å². The minimum Gasteiger partial charge on any atom is -0.348 e. The summed E-state index contributed by atoms with van der Waals surface area (Å²) in [5, 5.41) is 3.22. The van der Waals surface area contributed by atoms with Crippen LogP contribution in [0.5, 0.6) is 0 Å². The first-order valence-corrected chi connectivity index (χ1v) is 4.94. The molecule has 0 aromatic rings. The molecule has 1 aliphatic carbocycles. The van der Waals surface area contributed by atoms with Gasteiger partial charge in [0.25, 0.3) is 0 Å². The van der Waals surface area contributed by atoms with Crippen molar-refractivity contribution in [2.45, 2.75) is 26.2 Å². The number of carbonyl (C=O) groups excluding carboxylic acids is 1. The Labute approximate surface area is 80.5 Å². The number of hydrogen-bond acceptors (Lipinski definition) is 2. The molecule has 1 rings (SSSR count). The van der Waals surface area contributed by atoms with Gasteiger partial charge in [0.2, 0.25) is 5.91 Å². The number of hydrogen-bond donors (Lipinski definition) is 1. The first-order chi connectivity index (χ1) is 6.03. The Morgan fingerprint density at radius 3 is 2.46 bits per heavy atom. The van der Waals surface area contributed by atoms with Gasteiger partial charge in [-0.25, -0.2) is 0 Å². The van der Waals surface area contributed by atoms with E-state index in [4.69, 9.17) is 0 Å². The molecule has 1 saturated carbocycles. The number of nitrogens with one attached hydrogen (secondary N) is 1. The number of carbonyl (C=O) groups is 1. The van der Waals surface area contributed by atoms with E-state index in [-0.39, 0.29) is 5.91 Å². The molecule has 3 heteroatoms. The predicted molar refractivity (Wildman–Crippen MR) is 53.5 cm³/mol. The predicted octanol–water partition coefficient (Wildman–Crippen LogP) is 0.854. The fourth-order valence-electron chi connectivity index (χ4n) is 1.59. The van der Waals surface area contributed by atoms with Crippen LogP contribution in [0, 0.1) is 5.41 Å². The zero-order valence-corrected chi connectivity index (χ0v) is 8.89. The molecule has 0 unspecified atom stereocenters. The highest BCUT2D eigenvalue weighted by molar-refractivity contribution is 5.77.